The Morgan fingerprint density at radius 3 is 2.96 bits per heavy atom. The van der Waals surface area contributed by atoms with E-state index in [2.05, 4.69) is 38.1 Å². The zero-order valence-corrected chi connectivity index (χ0v) is 14.8. The third-order valence-electron chi connectivity index (χ3n) is 4.62. The largest absolute Gasteiger partial charge is 0.380 e. The van der Waals surface area contributed by atoms with Crippen LogP contribution in [0.3, 0.4) is 0 Å². The van der Waals surface area contributed by atoms with Crippen LogP contribution in [-0.4, -0.2) is 44.5 Å². The maximum Gasteiger partial charge on any atom is 0.155 e. The van der Waals surface area contributed by atoms with E-state index in [0.29, 0.717) is 0 Å². The highest BCUT2D eigenvalue weighted by Crippen LogP contribution is 2.39. The molecule has 0 N–H and O–H groups in total. The Balaban J connectivity index is 1.81. The summed E-state index contributed by atoms with van der Waals surface area (Å²) in [5, 5.41) is 9.47. The van der Waals surface area contributed by atoms with E-state index in [1.54, 1.807) is 31.1 Å². The van der Waals surface area contributed by atoms with Gasteiger partial charge in [-0.1, -0.05) is 6.92 Å². The van der Waals surface area contributed by atoms with Crippen molar-refractivity contribution in [2.24, 2.45) is 7.05 Å². The number of aryl methyl sites for hydroxylation is 2. The second kappa shape index (κ2) is 6.10. The Hall–Kier alpha value is -2.06. The fourth-order valence-electron chi connectivity index (χ4n) is 3.34. The van der Waals surface area contributed by atoms with E-state index in [1.165, 1.54) is 4.88 Å². The second-order valence-corrected chi connectivity index (χ2v) is 7.16. The summed E-state index contributed by atoms with van der Waals surface area (Å²) in [5.41, 5.74) is 0. The van der Waals surface area contributed by atoms with Crippen molar-refractivity contribution in [3.05, 3.63) is 29.4 Å². The topological polar surface area (TPSA) is 69.0 Å². The van der Waals surface area contributed by atoms with Crippen LogP contribution in [0.2, 0.25) is 0 Å². The summed E-state index contributed by atoms with van der Waals surface area (Å²) >= 11 is 1.74. The Labute approximate surface area is 144 Å². The number of anilines is 1. The summed E-state index contributed by atoms with van der Waals surface area (Å²) in [7, 11) is 3.74. The van der Waals surface area contributed by atoms with Crippen molar-refractivity contribution in [3.63, 3.8) is 0 Å². The molecule has 1 aliphatic rings. The zero-order chi connectivity index (χ0) is 16.7. The van der Waals surface area contributed by atoms with E-state index in [-0.39, 0.29) is 12.1 Å². The normalized spacial score (nSPS) is 21.0. The fraction of sp³-hybridized carbons (Fsp3) is 0.500. The lowest BCUT2D eigenvalue weighted by Crippen LogP contribution is -2.27. The number of thiophene rings is 1. The van der Waals surface area contributed by atoms with Gasteiger partial charge in [0.05, 0.1) is 17.5 Å². The van der Waals surface area contributed by atoms with Crippen molar-refractivity contribution in [3.8, 4) is 0 Å². The number of nitrogens with zero attached hydrogens (tertiary/aromatic N) is 6. The van der Waals surface area contributed by atoms with Gasteiger partial charge in [-0.3, -0.25) is 0 Å². The molecular formula is C16H20N6OS. The molecule has 7 nitrogen and oxygen atoms in total. The van der Waals surface area contributed by atoms with Crippen molar-refractivity contribution in [1.29, 1.82) is 0 Å². The summed E-state index contributed by atoms with van der Waals surface area (Å²) in [5.74, 6) is 1.90. The lowest BCUT2D eigenvalue weighted by Gasteiger charge is -2.25. The van der Waals surface area contributed by atoms with Crippen LogP contribution in [0, 0.1) is 0 Å². The van der Waals surface area contributed by atoms with Crippen molar-refractivity contribution in [2.45, 2.75) is 31.9 Å². The van der Waals surface area contributed by atoms with Gasteiger partial charge in [-0.15, -0.1) is 21.5 Å². The van der Waals surface area contributed by atoms with Gasteiger partial charge in [-0.05, 0) is 12.5 Å². The first-order valence-corrected chi connectivity index (χ1v) is 8.89. The highest BCUT2D eigenvalue weighted by Gasteiger charge is 2.37. The first-order chi connectivity index (χ1) is 11.7. The van der Waals surface area contributed by atoms with Gasteiger partial charge < -0.3 is 14.2 Å². The van der Waals surface area contributed by atoms with Crippen LogP contribution in [0.25, 0.3) is 10.2 Å². The molecule has 126 valence electrons. The fourth-order valence-corrected chi connectivity index (χ4v) is 4.27. The van der Waals surface area contributed by atoms with Crippen LogP contribution in [0.4, 0.5) is 5.82 Å². The van der Waals surface area contributed by atoms with Gasteiger partial charge in [0.2, 0.25) is 0 Å². The molecule has 4 rings (SSSR count). The van der Waals surface area contributed by atoms with Crippen molar-refractivity contribution in [1.82, 2.24) is 24.7 Å². The monoisotopic (exact) mass is 344 g/mol. The maximum absolute atomic E-state index is 5.63. The lowest BCUT2D eigenvalue weighted by atomic mass is 10.2. The van der Waals surface area contributed by atoms with Gasteiger partial charge in [0.1, 0.15) is 23.3 Å². The number of fused-ring (bicyclic) bond motifs is 1. The van der Waals surface area contributed by atoms with E-state index in [0.717, 1.165) is 41.2 Å². The number of hydrogen-bond donors (Lipinski definition) is 0. The molecule has 24 heavy (non-hydrogen) atoms. The van der Waals surface area contributed by atoms with Crippen LogP contribution in [0.15, 0.2) is 18.7 Å². The molecule has 0 aliphatic carbocycles. The van der Waals surface area contributed by atoms with Gasteiger partial charge in [-0.25, -0.2) is 9.97 Å². The van der Waals surface area contributed by atoms with Crippen molar-refractivity contribution >= 4 is 27.4 Å². The van der Waals surface area contributed by atoms with Gasteiger partial charge in [0, 0.05) is 32.0 Å². The number of rotatable bonds is 4. The van der Waals surface area contributed by atoms with Crippen molar-refractivity contribution in [2.75, 3.05) is 18.6 Å². The standard InChI is InChI=1S/C16H20N6OS/c1-4-11-6-12-14(17-8-18-16(12)24-11)22-7-10(23-3)5-13(22)15-20-19-9-21(15)2/h6,8-10,13H,4-5,7H2,1-3H3/t10-,13+/m1/s1. The van der Waals surface area contributed by atoms with Crippen LogP contribution >= 0.6 is 11.3 Å². The molecule has 1 aliphatic heterocycles. The summed E-state index contributed by atoms with van der Waals surface area (Å²) in [4.78, 5) is 13.7. The Kier molecular flexibility index (Phi) is 3.93. The quantitative estimate of drug-likeness (QED) is 0.724. The molecule has 0 aromatic carbocycles. The molecular weight excluding hydrogens is 324 g/mol. The summed E-state index contributed by atoms with van der Waals surface area (Å²) in [6.45, 7) is 2.95. The molecule has 1 saturated heterocycles. The van der Waals surface area contributed by atoms with Crippen LogP contribution in [0.1, 0.15) is 30.1 Å². The zero-order valence-electron chi connectivity index (χ0n) is 14.0. The number of hydrogen-bond acceptors (Lipinski definition) is 7. The molecule has 1 fully saturated rings. The van der Waals surface area contributed by atoms with E-state index < -0.39 is 0 Å². The molecule has 4 heterocycles. The highest BCUT2D eigenvalue weighted by molar-refractivity contribution is 7.18. The molecule has 0 saturated carbocycles. The van der Waals surface area contributed by atoms with Crippen LogP contribution < -0.4 is 4.90 Å². The summed E-state index contributed by atoms with van der Waals surface area (Å²) in [6.07, 6.45) is 5.43. The molecule has 2 atom stereocenters. The summed E-state index contributed by atoms with van der Waals surface area (Å²) in [6, 6.07) is 2.31. The van der Waals surface area contributed by atoms with E-state index in [4.69, 9.17) is 4.74 Å². The highest BCUT2D eigenvalue weighted by atomic mass is 32.1. The van der Waals surface area contributed by atoms with Crippen molar-refractivity contribution < 1.29 is 4.74 Å². The van der Waals surface area contributed by atoms with Crippen LogP contribution in [0.5, 0.6) is 0 Å². The predicted molar refractivity (Wildman–Crippen MR) is 93.3 cm³/mol. The third-order valence-corrected chi connectivity index (χ3v) is 5.81. The molecule has 3 aromatic rings. The molecule has 0 unspecified atom stereocenters. The predicted octanol–water partition coefficient (Wildman–Crippen LogP) is 2.35. The Bertz CT molecular complexity index is 859. The van der Waals surface area contributed by atoms with Gasteiger partial charge in [0.15, 0.2) is 5.82 Å². The van der Waals surface area contributed by atoms with Gasteiger partial charge in [0.25, 0.3) is 0 Å². The molecule has 0 amide bonds. The second-order valence-electron chi connectivity index (χ2n) is 6.04. The SMILES string of the molecule is CCc1cc2c(N3C[C@H](OC)C[C@H]3c3nncn3C)ncnc2s1. The number of aromatic nitrogens is 5. The minimum atomic E-state index is 0.102. The number of ether oxygens (including phenoxy) is 1. The molecule has 0 bridgehead atoms. The smallest absolute Gasteiger partial charge is 0.155 e. The first-order valence-electron chi connectivity index (χ1n) is 8.08. The molecule has 0 radical (unpaired) electrons. The van der Waals surface area contributed by atoms with Gasteiger partial charge >= 0.3 is 0 Å². The Morgan fingerprint density at radius 2 is 2.25 bits per heavy atom. The minimum Gasteiger partial charge on any atom is -0.380 e. The lowest BCUT2D eigenvalue weighted by molar-refractivity contribution is 0.118. The van der Waals surface area contributed by atoms with E-state index >= 15 is 0 Å². The van der Waals surface area contributed by atoms with Crippen LogP contribution in [-0.2, 0) is 18.2 Å². The summed E-state index contributed by atoms with van der Waals surface area (Å²) < 4.78 is 7.60. The maximum atomic E-state index is 5.63. The average molecular weight is 344 g/mol. The number of methoxy groups -OCH3 is 1. The third kappa shape index (κ3) is 2.46. The first kappa shape index (κ1) is 15.5. The Morgan fingerprint density at radius 1 is 1.38 bits per heavy atom. The molecule has 8 heteroatoms. The molecule has 0 spiro atoms. The van der Waals surface area contributed by atoms with E-state index in [1.807, 2.05) is 11.6 Å². The minimum absolute atomic E-state index is 0.102. The van der Waals surface area contributed by atoms with Gasteiger partial charge in [-0.2, -0.15) is 0 Å². The average Bonchev–Trinajstić information content (AvgIpc) is 3.30. The van der Waals surface area contributed by atoms with E-state index in [9.17, 15) is 0 Å². The molecule has 3 aromatic heterocycles.